The summed E-state index contributed by atoms with van der Waals surface area (Å²) in [6.07, 6.45) is 1.97. The first-order valence-corrected chi connectivity index (χ1v) is 8.49. The van der Waals surface area contributed by atoms with E-state index in [1.807, 2.05) is 11.0 Å². The predicted octanol–water partition coefficient (Wildman–Crippen LogP) is 1.58. The number of hydrogen-bond acceptors (Lipinski definition) is 4. The highest BCUT2D eigenvalue weighted by Crippen LogP contribution is 2.25. The van der Waals surface area contributed by atoms with E-state index in [4.69, 9.17) is 0 Å². The average molecular weight is 300 g/mol. The van der Waals surface area contributed by atoms with Gasteiger partial charge in [-0.15, -0.1) is 0 Å². The van der Waals surface area contributed by atoms with Crippen molar-refractivity contribution in [2.75, 3.05) is 31.1 Å². The first-order valence-electron chi connectivity index (χ1n) is 7.01. The van der Waals surface area contributed by atoms with E-state index in [-0.39, 0.29) is 11.5 Å². The average Bonchev–Trinajstić information content (AvgIpc) is 2.43. The van der Waals surface area contributed by atoms with E-state index >= 15 is 0 Å². The Morgan fingerprint density at radius 3 is 2.50 bits per heavy atom. The van der Waals surface area contributed by atoms with Crippen LogP contribution in [0, 0.1) is 0 Å². The molecule has 0 amide bonds. The Hall–Kier alpha value is -1.11. The van der Waals surface area contributed by atoms with Crippen LogP contribution in [-0.4, -0.2) is 39.8 Å². The molecule has 0 unspecified atom stereocenters. The Bertz CT molecular complexity index is 503. The number of anilines is 1. The standard InChI is InChI=1S/C14H24N2O3S/c1-3-5-10-16(11-12-17)13-8-6-7-9-14(13)20(18,19)15-4-2/h6-9,15,17H,3-5,10-12H2,1-2H3. The number of aliphatic hydroxyl groups excluding tert-OH is 1. The summed E-state index contributed by atoms with van der Waals surface area (Å²) in [7, 11) is -3.50. The highest BCUT2D eigenvalue weighted by molar-refractivity contribution is 7.89. The summed E-state index contributed by atoms with van der Waals surface area (Å²) >= 11 is 0. The van der Waals surface area contributed by atoms with E-state index in [0.717, 1.165) is 19.4 Å². The van der Waals surface area contributed by atoms with Crippen LogP contribution in [0.3, 0.4) is 0 Å². The molecule has 1 rings (SSSR count). The van der Waals surface area contributed by atoms with Gasteiger partial charge in [0.15, 0.2) is 0 Å². The predicted molar refractivity (Wildman–Crippen MR) is 81.5 cm³/mol. The van der Waals surface area contributed by atoms with Gasteiger partial charge in [-0.25, -0.2) is 13.1 Å². The maximum Gasteiger partial charge on any atom is 0.242 e. The summed E-state index contributed by atoms with van der Waals surface area (Å²) in [4.78, 5) is 2.19. The van der Waals surface area contributed by atoms with Gasteiger partial charge in [-0.1, -0.05) is 32.4 Å². The Morgan fingerprint density at radius 1 is 1.20 bits per heavy atom. The molecule has 0 aliphatic rings. The quantitative estimate of drug-likeness (QED) is 0.726. The van der Waals surface area contributed by atoms with Gasteiger partial charge in [0.1, 0.15) is 4.90 Å². The van der Waals surface area contributed by atoms with E-state index < -0.39 is 10.0 Å². The van der Waals surface area contributed by atoms with Gasteiger partial charge in [0.25, 0.3) is 0 Å². The Balaban J connectivity index is 3.15. The first-order chi connectivity index (χ1) is 9.56. The van der Waals surface area contributed by atoms with Crippen LogP contribution in [0.1, 0.15) is 26.7 Å². The Labute approximate surface area is 121 Å². The molecule has 1 aromatic carbocycles. The number of hydrogen-bond donors (Lipinski definition) is 2. The molecule has 0 aliphatic carbocycles. The minimum absolute atomic E-state index is 0.000692. The van der Waals surface area contributed by atoms with E-state index in [9.17, 15) is 13.5 Å². The number of unbranched alkanes of at least 4 members (excludes halogenated alkanes) is 1. The molecule has 114 valence electrons. The Kier molecular flexibility index (Phi) is 6.98. The van der Waals surface area contributed by atoms with Crippen molar-refractivity contribution in [3.05, 3.63) is 24.3 Å². The molecule has 0 aromatic heterocycles. The van der Waals surface area contributed by atoms with Gasteiger partial charge in [-0.3, -0.25) is 0 Å². The zero-order valence-electron chi connectivity index (χ0n) is 12.2. The van der Waals surface area contributed by atoms with Crippen LogP contribution in [0.5, 0.6) is 0 Å². The molecule has 0 aliphatic heterocycles. The smallest absolute Gasteiger partial charge is 0.242 e. The molecule has 6 heteroatoms. The molecule has 0 bridgehead atoms. The minimum atomic E-state index is -3.50. The molecule has 5 nitrogen and oxygen atoms in total. The van der Waals surface area contributed by atoms with Crippen LogP contribution in [0.4, 0.5) is 5.69 Å². The third-order valence-corrected chi connectivity index (χ3v) is 4.57. The summed E-state index contributed by atoms with van der Waals surface area (Å²) in [5.74, 6) is 0. The van der Waals surface area contributed by atoms with E-state index in [0.29, 0.717) is 18.8 Å². The summed E-state index contributed by atoms with van der Waals surface area (Å²) in [6.45, 7) is 5.35. The van der Waals surface area contributed by atoms with Crippen LogP contribution in [0.25, 0.3) is 0 Å². The first kappa shape index (κ1) is 16.9. The summed E-state index contributed by atoms with van der Waals surface area (Å²) in [5.41, 5.74) is 0.649. The van der Waals surface area contributed by atoms with Crippen molar-refractivity contribution in [3.63, 3.8) is 0 Å². The lowest BCUT2D eigenvalue weighted by atomic mass is 10.2. The highest BCUT2D eigenvalue weighted by Gasteiger charge is 2.20. The molecule has 0 radical (unpaired) electrons. The summed E-state index contributed by atoms with van der Waals surface area (Å²) in [6, 6.07) is 6.92. The number of para-hydroxylation sites is 1. The molecular formula is C14H24N2O3S. The fraction of sp³-hybridized carbons (Fsp3) is 0.571. The van der Waals surface area contributed by atoms with Gasteiger partial charge >= 0.3 is 0 Å². The Morgan fingerprint density at radius 2 is 1.90 bits per heavy atom. The molecule has 1 aromatic rings. The van der Waals surface area contributed by atoms with Crippen molar-refractivity contribution in [1.29, 1.82) is 0 Å². The van der Waals surface area contributed by atoms with Crippen LogP contribution in [-0.2, 0) is 10.0 Å². The van der Waals surface area contributed by atoms with Crippen LogP contribution in [0.15, 0.2) is 29.2 Å². The van der Waals surface area contributed by atoms with Gasteiger partial charge in [-0.2, -0.15) is 0 Å². The van der Waals surface area contributed by atoms with Crippen molar-refractivity contribution in [2.24, 2.45) is 0 Å². The lowest BCUT2D eigenvalue weighted by molar-refractivity contribution is 0.301. The number of aliphatic hydroxyl groups is 1. The monoisotopic (exact) mass is 300 g/mol. The highest BCUT2D eigenvalue weighted by atomic mass is 32.2. The number of sulfonamides is 1. The molecule has 0 spiro atoms. The molecule has 0 saturated heterocycles. The maximum absolute atomic E-state index is 12.2. The minimum Gasteiger partial charge on any atom is -0.395 e. The largest absolute Gasteiger partial charge is 0.395 e. The molecule has 2 N–H and O–H groups in total. The van der Waals surface area contributed by atoms with Crippen LogP contribution >= 0.6 is 0 Å². The number of nitrogens with zero attached hydrogens (tertiary/aromatic N) is 1. The molecule has 0 atom stereocenters. The van der Waals surface area contributed by atoms with Gasteiger partial charge in [0.2, 0.25) is 10.0 Å². The van der Waals surface area contributed by atoms with E-state index in [1.54, 1.807) is 25.1 Å². The van der Waals surface area contributed by atoms with Crippen molar-refractivity contribution >= 4 is 15.7 Å². The van der Waals surface area contributed by atoms with Gasteiger partial charge in [0.05, 0.1) is 12.3 Å². The maximum atomic E-state index is 12.2. The SMILES string of the molecule is CCCCN(CCO)c1ccccc1S(=O)(=O)NCC. The molecule has 0 fully saturated rings. The molecule has 20 heavy (non-hydrogen) atoms. The second kappa shape index (κ2) is 8.24. The van der Waals surface area contributed by atoms with Crippen molar-refractivity contribution in [2.45, 2.75) is 31.6 Å². The molecule has 0 saturated carbocycles. The van der Waals surface area contributed by atoms with E-state index in [2.05, 4.69) is 11.6 Å². The number of benzene rings is 1. The second-order valence-corrected chi connectivity index (χ2v) is 6.27. The third kappa shape index (κ3) is 4.47. The van der Waals surface area contributed by atoms with E-state index in [1.165, 1.54) is 0 Å². The molecular weight excluding hydrogens is 276 g/mol. The fourth-order valence-electron chi connectivity index (χ4n) is 2.04. The van der Waals surface area contributed by atoms with Crippen molar-refractivity contribution in [3.8, 4) is 0 Å². The lowest BCUT2D eigenvalue weighted by Gasteiger charge is -2.26. The topological polar surface area (TPSA) is 69.6 Å². The van der Waals surface area contributed by atoms with Crippen LogP contribution < -0.4 is 9.62 Å². The van der Waals surface area contributed by atoms with Gasteiger partial charge in [-0.05, 0) is 18.6 Å². The van der Waals surface area contributed by atoms with Gasteiger partial charge < -0.3 is 10.0 Å². The fourth-order valence-corrected chi connectivity index (χ4v) is 3.30. The van der Waals surface area contributed by atoms with Crippen molar-refractivity contribution < 1.29 is 13.5 Å². The second-order valence-electron chi connectivity index (χ2n) is 4.53. The lowest BCUT2D eigenvalue weighted by Crippen LogP contribution is -2.31. The normalized spacial score (nSPS) is 11.6. The van der Waals surface area contributed by atoms with Crippen molar-refractivity contribution in [1.82, 2.24) is 4.72 Å². The molecule has 0 heterocycles. The zero-order valence-corrected chi connectivity index (χ0v) is 13.0. The summed E-state index contributed by atoms with van der Waals surface area (Å²) < 4.78 is 27.0. The summed E-state index contributed by atoms with van der Waals surface area (Å²) in [5, 5.41) is 9.19. The third-order valence-electron chi connectivity index (χ3n) is 2.98. The number of nitrogens with one attached hydrogen (secondary N) is 1. The number of rotatable bonds is 9. The van der Waals surface area contributed by atoms with Gasteiger partial charge in [0, 0.05) is 19.6 Å². The zero-order chi connectivity index (χ0) is 15.0. The van der Waals surface area contributed by atoms with Crippen LogP contribution in [0.2, 0.25) is 0 Å².